The van der Waals surface area contributed by atoms with Gasteiger partial charge in [0.1, 0.15) is 5.82 Å². The number of nitrogens with one attached hydrogen (secondary N) is 1. The average Bonchev–Trinajstić information content (AvgIpc) is 3.61. The van der Waals surface area contributed by atoms with Crippen molar-refractivity contribution in [3.05, 3.63) is 35.6 Å². The standard InChI is InChI=1S/C19H27FN2O.C6H8O7/c1-2-17(14-22-12-4-3-5-13-22)21-18(23)19(10-11-19)15-6-8-16(20)9-7-15;7-3(8)1-6(13,5(11)12)2-4(9)10/h6-9,17H,2-5,10-14H2,1H3,(H,21,23);13H,1-2H2,(H,7,8)(H,9,10)(H,11,12). The van der Waals surface area contributed by atoms with Gasteiger partial charge in [-0.25, -0.2) is 9.18 Å². The van der Waals surface area contributed by atoms with Gasteiger partial charge in [0.05, 0.1) is 18.3 Å². The maximum absolute atomic E-state index is 13.1. The van der Waals surface area contributed by atoms with Crippen molar-refractivity contribution >= 4 is 23.8 Å². The number of hydrogen-bond acceptors (Lipinski definition) is 6. The summed E-state index contributed by atoms with van der Waals surface area (Å²) >= 11 is 0. The van der Waals surface area contributed by atoms with Crippen LogP contribution in [-0.4, -0.2) is 80.4 Å². The molecule has 1 amide bonds. The summed E-state index contributed by atoms with van der Waals surface area (Å²) in [6.45, 7) is 5.37. The van der Waals surface area contributed by atoms with Gasteiger partial charge in [-0.15, -0.1) is 0 Å². The van der Waals surface area contributed by atoms with Gasteiger partial charge in [0.15, 0.2) is 5.60 Å². The first-order valence-corrected chi connectivity index (χ1v) is 12.1. The molecule has 1 saturated carbocycles. The Labute approximate surface area is 209 Å². The molecule has 200 valence electrons. The predicted molar refractivity (Wildman–Crippen MR) is 127 cm³/mol. The Morgan fingerprint density at radius 3 is 1.94 bits per heavy atom. The number of rotatable bonds is 11. The van der Waals surface area contributed by atoms with Gasteiger partial charge in [0, 0.05) is 12.6 Å². The van der Waals surface area contributed by atoms with Crippen LogP contribution in [0.25, 0.3) is 0 Å². The van der Waals surface area contributed by atoms with Crippen LogP contribution in [0.15, 0.2) is 24.3 Å². The fourth-order valence-corrected chi connectivity index (χ4v) is 4.31. The molecule has 10 nitrogen and oxygen atoms in total. The van der Waals surface area contributed by atoms with E-state index in [9.17, 15) is 23.6 Å². The molecule has 11 heteroatoms. The lowest BCUT2D eigenvalue weighted by Gasteiger charge is -2.31. The van der Waals surface area contributed by atoms with E-state index in [-0.39, 0.29) is 17.8 Å². The minimum absolute atomic E-state index is 0.118. The molecule has 2 aliphatic rings. The van der Waals surface area contributed by atoms with Crippen molar-refractivity contribution in [2.24, 2.45) is 0 Å². The largest absolute Gasteiger partial charge is 0.481 e. The number of carbonyl (C=O) groups is 4. The zero-order valence-corrected chi connectivity index (χ0v) is 20.4. The van der Waals surface area contributed by atoms with Gasteiger partial charge < -0.3 is 30.6 Å². The summed E-state index contributed by atoms with van der Waals surface area (Å²) in [6.07, 6.45) is 4.25. The molecule has 36 heavy (non-hydrogen) atoms. The first-order chi connectivity index (χ1) is 16.9. The maximum Gasteiger partial charge on any atom is 0.336 e. The third-order valence-electron chi connectivity index (χ3n) is 6.62. The first kappa shape index (κ1) is 29.2. The van der Waals surface area contributed by atoms with Crippen LogP contribution in [0.4, 0.5) is 4.39 Å². The van der Waals surface area contributed by atoms with E-state index >= 15 is 0 Å². The van der Waals surface area contributed by atoms with Crippen LogP contribution in [0, 0.1) is 5.82 Å². The van der Waals surface area contributed by atoms with Crippen LogP contribution in [-0.2, 0) is 24.6 Å². The minimum atomic E-state index is -2.74. The van der Waals surface area contributed by atoms with Gasteiger partial charge >= 0.3 is 17.9 Å². The second-order valence-electron chi connectivity index (χ2n) is 9.51. The second-order valence-corrected chi connectivity index (χ2v) is 9.51. The summed E-state index contributed by atoms with van der Waals surface area (Å²) in [7, 11) is 0. The topological polar surface area (TPSA) is 164 Å². The highest BCUT2D eigenvalue weighted by Gasteiger charge is 2.51. The van der Waals surface area contributed by atoms with E-state index < -0.39 is 41.8 Å². The minimum Gasteiger partial charge on any atom is -0.481 e. The normalized spacial score (nSPS) is 17.8. The van der Waals surface area contributed by atoms with E-state index in [0.717, 1.165) is 44.5 Å². The Balaban J connectivity index is 0.000000302. The number of piperidine rings is 1. The summed E-state index contributed by atoms with van der Waals surface area (Å²) in [4.78, 5) is 45.8. The van der Waals surface area contributed by atoms with Crippen molar-refractivity contribution in [3.8, 4) is 0 Å². The molecule has 0 spiro atoms. The van der Waals surface area contributed by atoms with Gasteiger partial charge in [-0.3, -0.25) is 14.4 Å². The Kier molecular flexibility index (Phi) is 10.4. The quantitative estimate of drug-likeness (QED) is 0.299. The van der Waals surface area contributed by atoms with Crippen molar-refractivity contribution < 1.29 is 44.0 Å². The summed E-state index contributed by atoms with van der Waals surface area (Å²) in [5.74, 6) is -5.15. The number of carbonyl (C=O) groups excluding carboxylic acids is 1. The van der Waals surface area contributed by atoms with Crippen LogP contribution >= 0.6 is 0 Å². The number of benzene rings is 1. The van der Waals surface area contributed by atoms with E-state index in [1.54, 1.807) is 12.1 Å². The number of hydrogen-bond donors (Lipinski definition) is 5. The number of nitrogens with zero attached hydrogens (tertiary/aromatic N) is 1. The number of carboxylic acid groups (broad SMARTS) is 3. The van der Waals surface area contributed by atoms with Crippen molar-refractivity contribution in [2.75, 3.05) is 19.6 Å². The van der Waals surface area contributed by atoms with E-state index in [0.29, 0.717) is 0 Å². The Morgan fingerprint density at radius 2 is 1.53 bits per heavy atom. The number of halogens is 1. The fraction of sp³-hybridized carbons (Fsp3) is 0.600. The maximum atomic E-state index is 13.1. The molecule has 0 aromatic heterocycles. The van der Waals surface area contributed by atoms with Gasteiger partial charge in [0.2, 0.25) is 5.91 Å². The van der Waals surface area contributed by atoms with E-state index in [1.807, 2.05) is 0 Å². The molecule has 3 rings (SSSR count). The molecule has 1 saturated heterocycles. The highest BCUT2D eigenvalue weighted by atomic mass is 19.1. The van der Waals surface area contributed by atoms with Gasteiger partial charge in [-0.05, 0) is 62.9 Å². The number of aliphatic hydroxyl groups is 1. The molecule has 1 aromatic carbocycles. The molecule has 1 atom stereocenters. The molecule has 2 fully saturated rings. The highest BCUT2D eigenvalue weighted by Crippen LogP contribution is 2.48. The number of aliphatic carboxylic acids is 3. The lowest BCUT2D eigenvalue weighted by atomic mass is 9.94. The fourth-order valence-electron chi connectivity index (χ4n) is 4.31. The van der Waals surface area contributed by atoms with Crippen LogP contribution in [0.3, 0.4) is 0 Å². The SMILES string of the molecule is CCC(CN1CCCCC1)NC(=O)C1(c2ccc(F)cc2)CC1.O=C(O)CC(O)(CC(=O)O)C(=O)O. The van der Waals surface area contributed by atoms with Crippen molar-refractivity contribution in [1.29, 1.82) is 0 Å². The molecular weight excluding hydrogens is 475 g/mol. The highest BCUT2D eigenvalue weighted by molar-refractivity contribution is 5.91. The Bertz CT molecular complexity index is 910. The molecule has 1 aliphatic heterocycles. The van der Waals surface area contributed by atoms with E-state index in [1.165, 1.54) is 31.4 Å². The molecule has 1 unspecified atom stereocenters. The molecule has 0 bridgehead atoms. The van der Waals surface area contributed by atoms with Crippen LogP contribution in [0.1, 0.15) is 63.9 Å². The molecule has 1 aromatic rings. The van der Waals surface area contributed by atoms with Crippen molar-refractivity contribution in [2.45, 2.75) is 75.3 Å². The van der Waals surface area contributed by atoms with Crippen LogP contribution in [0.5, 0.6) is 0 Å². The Hall–Kier alpha value is -3.05. The number of likely N-dealkylation sites (tertiary alicyclic amines) is 1. The molecule has 1 heterocycles. The lowest BCUT2D eigenvalue weighted by Crippen LogP contribution is -2.48. The first-order valence-electron chi connectivity index (χ1n) is 12.1. The smallest absolute Gasteiger partial charge is 0.336 e. The van der Waals surface area contributed by atoms with Gasteiger partial charge in [-0.1, -0.05) is 25.5 Å². The zero-order valence-electron chi connectivity index (χ0n) is 20.4. The summed E-state index contributed by atoms with van der Waals surface area (Å²) < 4.78 is 13.1. The van der Waals surface area contributed by atoms with Crippen LogP contribution < -0.4 is 5.32 Å². The summed E-state index contributed by atoms with van der Waals surface area (Å²) in [6, 6.07) is 6.63. The third kappa shape index (κ3) is 8.27. The third-order valence-corrected chi connectivity index (χ3v) is 6.62. The van der Waals surface area contributed by atoms with Crippen LogP contribution in [0.2, 0.25) is 0 Å². The zero-order chi connectivity index (χ0) is 26.9. The average molecular weight is 511 g/mol. The predicted octanol–water partition coefficient (Wildman–Crippen LogP) is 1.99. The Morgan fingerprint density at radius 1 is 1.00 bits per heavy atom. The second kappa shape index (κ2) is 12.8. The van der Waals surface area contributed by atoms with Gasteiger partial charge in [-0.2, -0.15) is 0 Å². The monoisotopic (exact) mass is 510 g/mol. The molecule has 0 radical (unpaired) electrons. The van der Waals surface area contributed by atoms with Crippen molar-refractivity contribution in [3.63, 3.8) is 0 Å². The summed E-state index contributed by atoms with van der Waals surface area (Å²) in [5.41, 5.74) is -2.20. The van der Waals surface area contributed by atoms with Crippen molar-refractivity contribution in [1.82, 2.24) is 10.2 Å². The molecule has 5 N–H and O–H groups in total. The number of carboxylic acids is 3. The molecule has 1 aliphatic carbocycles. The van der Waals surface area contributed by atoms with E-state index in [2.05, 4.69) is 17.1 Å². The lowest BCUT2D eigenvalue weighted by molar-refractivity contribution is -0.170. The molecular formula is C25H35FN2O8. The number of amides is 1. The van der Waals surface area contributed by atoms with Gasteiger partial charge in [0.25, 0.3) is 0 Å². The summed E-state index contributed by atoms with van der Waals surface area (Å²) in [5, 5.41) is 37.1. The van der Waals surface area contributed by atoms with E-state index in [4.69, 9.17) is 20.4 Å².